The second-order valence-electron chi connectivity index (χ2n) is 3.34. The lowest BCUT2D eigenvalue weighted by molar-refractivity contribution is -0.814. The number of rotatable bonds is 5. The molecule has 0 aromatic heterocycles. The maximum absolute atomic E-state index is 10.6. The van der Waals surface area contributed by atoms with Gasteiger partial charge in [-0.2, -0.15) is 0 Å². The molecule has 0 saturated carbocycles. The summed E-state index contributed by atoms with van der Waals surface area (Å²) in [5, 5.41) is 29.7. The van der Waals surface area contributed by atoms with Gasteiger partial charge in [0.2, 0.25) is 0 Å². The van der Waals surface area contributed by atoms with Crippen molar-refractivity contribution in [2.75, 3.05) is 0 Å². The molecule has 1 rings (SSSR count). The zero-order valence-corrected chi connectivity index (χ0v) is 8.85. The normalized spacial score (nSPS) is 15.6. The Morgan fingerprint density at radius 2 is 1.82 bits per heavy atom. The van der Waals surface area contributed by atoms with Crippen molar-refractivity contribution in [2.24, 2.45) is 0 Å². The molecule has 0 fully saturated rings. The minimum atomic E-state index is -2.60. The van der Waals surface area contributed by atoms with E-state index in [0.29, 0.717) is 0 Å². The van der Waals surface area contributed by atoms with Crippen LogP contribution in [0.2, 0.25) is 0 Å². The van der Waals surface area contributed by atoms with E-state index < -0.39 is 21.8 Å². The Morgan fingerprint density at radius 3 is 2.24 bits per heavy atom. The molecule has 0 radical (unpaired) electrons. The largest absolute Gasteiger partial charge is 0.357 e. The van der Waals surface area contributed by atoms with Crippen molar-refractivity contribution >= 4 is 0 Å². The molecule has 2 atom stereocenters. The first-order valence-electron chi connectivity index (χ1n) is 4.63. The third-order valence-corrected chi connectivity index (χ3v) is 2.28. The van der Waals surface area contributed by atoms with Crippen LogP contribution in [0.5, 0.6) is 0 Å². The van der Waals surface area contributed by atoms with Crippen molar-refractivity contribution in [3.8, 4) is 0 Å². The van der Waals surface area contributed by atoms with Gasteiger partial charge in [-0.05, 0) is 0 Å². The highest BCUT2D eigenvalue weighted by atomic mass is 17.0. The van der Waals surface area contributed by atoms with Gasteiger partial charge < -0.3 is 5.11 Å². The van der Waals surface area contributed by atoms with Crippen LogP contribution in [0.25, 0.3) is 0 Å². The van der Waals surface area contributed by atoms with E-state index in [9.17, 15) is 25.3 Å². The van der Waals surface area contributed by atoms with Crippen LogP contribution in [0.15, 0.2) is 30.3 Å². The van der Waals surface area contributed by atoms with Crippen LogP contribution in [-0.2, 0) is 10.6 Å². The molecule has 2 unspecified atom stereocenters. The predicted octanol–water partition coefficient (Wildman–Crippen LogP) is 0.705. The highest BCUT2D eigenvalue weighted by Gasteiger charge is 2.48. The maximum atomic E-state index is 10.6. The first-order valence-corrected chi connectivity index (χ1v) is 4.63. The summed E-state index contributed by atoms with van der Waals surface area (Å²) in [7, 11) is 0. The predicted molar refractivity (Wildman–Crippen MR) is 54.9 cm³/mol. The van der Waals surface area contributed by atoms with Gasteiger partial charge in [-0.3, -0.25) is 15.0 Å². The van der Waals surface area contributed by atoms with Crippen molar-refractivity contribution in [3.63, 3.8) is 0 Å². The van der Waals surface area contributed by atoms with Gasteiger partial charge in [-0.15, -0.1) is 10.1 Å². The van der Waals surface area contributed by atoms with Crippen molar-refractivity contribution in [2.45, 2.75) is 18.8 Å². The summed E-state index contributed by atoms with van der Waals surface area (Å²) < 4.78 is 0. The molecule has 0 bridgehead atoms. The van der Waals surface area contributed by atoms with Gasteiger partial charge in [-0.1, -0.05) is 30.3 Å². The standard InChI is InChI=1S/C9H10N2O6/c1-7(10(13)14)9(12,17-11(15)16)8-5-3-2-4-6-8/h2-7,12H,1H3. The molecule has 0 spiro atoms. The summed E-state index contributed by atoms with van der Waals surface area (Å²) in [4.78, 5) is 24.2. The van der Waals surface area contributed by atoms with E-state index in [1.807, 2.05) is 0 Å². The number of nitro groups is 1. The number of hydrogen-bond acceptors (Lipinski definition) is 6. The number of aliphatic hydroxyl groups is 1. The molecule has 0 aliphatic heterocycles. The average Bonchev–Trinajstić information content (AvgIpc) is 2.28. The second-order valence-corrected chi connectivity index (χ2v) is 3.34. The smallest absolute Gasteiger partial charge is 0.307 e. The van der Waals surface area contributed by atoms with Crippen molar-refractivity contribution in [1.82, 2.24) is 0 Å². The molecule has 92 valence electrons. The van der Waals surface area contributed by atoms with Gasteiger partial charge in [-0.25, -0.2) is 0 Å². The highest BCUT2D eigenvalue weighted by Crippen LogP contribution is 2.28. The summed E-state index contributed by atoms with van der Waals surface area (Å²) in [5.41, 5.74) is -0.0547. The molecule has 1 aromatic rings. The third-order valence-electron chi connectivity index (χ3n) is 2.28. The fraction of sp³-hybridized carbons (Fsp3) is 0.333. The minimum Gasteiger partial charge on any atom is -0.357 e. The molecule has 0 amide bonds. The Bertz CT molecular complexity index is 423. The SMILES string of the molecule is CC([N+](=O)[O-])C(O)(O[N+](=O)[O-])c1ccccc1. The lowest BCUT2D eigenvalue weighted by Crippen LogP contribution is -2.46. The first-order chi connectivity index (χ1) is 7.88. The van der Waals surface area contributed by atoms with E-state index >= 15 is 0 Å². The van der Waals surface area contributed by atoms with Crippen LogP contribution in [-0.4, -0.2) is 21.2 Å². The van der Waals surface area contributed by atoms with Gasteiger partial charge in [0, 0.05) is 17.4 Å². The lowest BCUT2D eigenvalue weighted by atomic mass is 10.00. The van der Waals surface area contributed by atoms with Crippen molar-refractivity contribution in [1.29, 1.82) is 0 Å². The molecule has 1 aromatic carbocycles. The summed E-state index contributed by atoms with van der Waals surface area (Å²) in [5.74, 6) is -2.60. The maximum Gasteiger partial charge on any atom is 0.307 e. The zero-order chi connectivity index (χ0) is 13.1. The van der Waals surface area contributed by atoms with Crippen LogP contribution in [0.1, 0.15) is 12.5 Å². The number of benzene rings is 1. The van der Waals surface area contributed by atoms with Gasteiger partial charge in [0.1, 0.15) is 0 Å². The molecule has 0 aliphatic carbocycles. The van der Waals surface area contributed by atoms with E-state index in [-0.39, 0.29) is 5.56 Å². The minimum absolute atomic E-state index is 0.0547. The summed E-state index contributed by atoms with van der Waals surface area (Å²) >= 11 is 0. The van der Waals surface area contributed by atoms with Crippen LogP contribution in [0, 0.1) is 20.2 Å². The van der Waals surface area contributed by atoms with Crippen LogP contribution in [0.3, 0.4) is 0 Å². The van der Waals surface area contributed by atoms with Gasteiger partial charge in [0.05, 0.1) is 0 Å². The van der Waals surface area contributed by atoms with E-state index in [4.69, 9.17) is 0 Å². The Morgan fingerprint density at radius 1 is 1.29 bits per heavy atom. The Kier molecular flexibility index (Phi) is 3.59. The van der Waals surface area contributed by atoms with Crippen LogP contribution in [0.4, 0.5) is 0 Å². The Hall–Kier alpha value is -2.22. The van der Waals surface area contributed by atoms with Gasteiger partial charge >= 0.3 is 5.79 Å². The Labute approximate surface area is 95.7 Å². The monoisotopic (exact) mass is 242 g/mol. The molecule has 8 nitrogen and oxygen atoms in total. The van der Waals surface area contributed by atoms with E-state index in [1.165, 1.54) is 24.3 Å². The van der Waals surface area contributed by atoms with E-state index in [1.54, 1.807) is 6.07 Å². The van der Waals surface area contributed by atoms with Crippen molar-refractivity contribution < 1.29 is 20.0 Å². The quantitative estimate of drug-likeness (QED) is 0.461. The molecule has 0 heterocycles. The van der Waals surface area contributed by atoms with E-state index in [0.717, 1.165) is 6.92 Å². The molecule has 0 aliphatic rings. The fourth-order valence-corrected chi connectivity index (χ4v) is 1.30. The van der Waals surface area contributed by atoms with Crippen LogP contribution < -0.4 is 0 Å². The van der Waals surface area contributed by atoms with E-state index in [2.05, 4.69) is 4.84 Å². The highest BCUT2D eigenvalue weighted by molar-refractivity contribution is 5.20. The first kappa shape index (κ1) is 12.8. The molecule has 1 N–H and O–H groups in total. The lowest BCUT2D eigenvalue weighted by Gasteiger charge is -2.26. The topological polar surface area (TPSA) is 116 Å². The zero-order valence-electron chi connectivity index (χ0n) is 8.85. The molecule has 8 heteroatoms. The fourth-order valence-electron chi connectivity index (χ4n) is 1.30. The van der Waals surface area contributed by atoms with Crippen LogP contribution >= 0.6 is 0 Å². The molecule has 0 saturated heterocycles. The number of nitrogens with zero attached hydrogens (tertiary/aromatic N) is 2. The molecule has 17 heavy (non-hydrogen) atoms. The average molecular weight is 242 g/mol. The van der Waals surface area contributed by atoms with Gasteiger partial charge in [0.15, 0.2) is 0 Å². The Balaban J connectivity index is 3.19. The molecular weight excluding hydrogens is 232 g/mol. The second kappa shape index (κ2) is 4.74. The third kappa shape index (κ3) is 2.67. The number of hydrogen-bond donors (Lipinski definition) is 1. The molecular formula is C9H10N2O6. The van der Waals surface area contributed by atoms with Gasteiger partial charge in [0.25, 0.3) is 11.1 Å². The van der Waals surface area contributed by atoms with Crippen molar-refractivity contribution in [3.05, 3.63) is 56.1 Å². The summed E-state index contributed by atoms with van der Waals surface area (Å²) in [6, 6.07) is 5.50. The summed E-state index contributed by atoms with van der Waals surface area (Å²) in [6.07, 6.45) is 0. The summed E-state index contributed by atoms with van der Waals surface area (Å²) in [6.45, 7) is 1.02.